The Morgan fingerprint density at radius 3 is 2.96 bits per heavy atom. The summed E-state index contributed by atoms with van der Waals surface area (Å²) in [6.07, 6.45) is 3.17. The van der Waals surface area contributed by atoms with Gasteiger partial charge in [0.25, 0.3) is 0 Å². The van der Waals surface area contributed by atoms with Crippen molar-refractivity contribution in [2.24, 2.45) is 5.92 Å². The van der Waals surface area contributed by atoms with Gasteiger partial charge in [-0.1, -0.05) is 6.07 Å². The zero-order valence-electron chi connectivity index (χ0n) is 13.5. The Bertz CT molecular complexity index is 648. The van der Waals surface area contributed by atoms with Gasteiger partial charge in [-0.25, -0.2) is 18.1 Å². The molecule has 0 saturated carbocycles. The first kappa shape index (κ1) is 17.7. The van der Waals surface area contributed by atoms with Crippen molar-refractivity contribution in [1.82, 2.24) is 14.6 Å². The van der Waals surface area contributed by atoms with Gasteiger partial charge in [-0.05, 0) is 24.8 Å². The number of carbonyl (C=O) groups is 1. The fourth-order valence-electron chi connectivity index (χ4n) is 2.66. The Morgan fingerprint density at radius 2 is 2.26 bits per heavy atom. The number of piperidine rings is 1. The smallest absolute Gasteiger partial charge is 0.228 e. The summed E-state index contributed by atoms with van der Waals surface area (Å²) in [5.41, 5.74) is 0.672. The molecule has 1 aromatic rings. The lowest BCUT2D eigenvalue weighted by atomic mass is 9.98. The molecule has 0 aromatic carbocycles. The number of ether oxygens (including phenoxy) is 1. The van der Waals surface area contributed by atoms with Crippen LogP contribution in [-0.2, 0) is 21.2 Å². The fourth-order valence-corrected chi connectivity index (χ4v) is 3.20. The molecule has 0 aliphatic carbocycles. The first-order valence-electron chi connectivity index (χ1n) is 7.59. The minimum Gasteiger partial charge on any atom is -0.481 e. The molecule has 1 atom stereocenters. The number of hydrogen-bond donors (Lipinski definition) is 1. The van der Waals surface area contributed by atoms with E-state index in [0.29, 0.717) is 31.2 Å². The Labute approximate surface area is 137 Å². The maximum Gasteiger partial charge on any atom is 0.228 e. The average Bonchev–Trinajstić information content (AvgIpc) is 2.53. The number of nitrogens with one attached hydrogen (secondary N) is 1. The molecular formula is C15H23N3O4S. The SMILES string of the molecule is COc1cccc(CC(=O)N2CCCC(CNS(C)(=O)=O)C2)n1. The van der Waals surface area contributed by atoms with Gasteiger partial charge in [-0.2, -0.15) is 0 Å². The highest BCUT2D eigenvalue weighted by molar-refractivity contribution is 7.88. The predicted molar refractivity (Wildman–Crippen MR) is 86.6 cm³/mol. The summed E-state index contributed by atoms with van der Waals surface area (Å²) in [4.78, 5) is 18.5. The number of nitrogens with zero attached hydrogens (tertiary/aromatic N) is 2. The average molecular weight is 341 g/mol. The van der Waals surface area contributed by atoms with Crippen LogP contribution in [0.15, 0.2) is 18.2 Å². The van der Waals surface area contributed by atoms with Crippen molar-refractivity contribution in [3.05, 3.63) is 23.9 Å². The third-order valence-electron chi connectivity index (χ3n) is 3.83. The van der Waals surface area contributed by atoms with E-state index in [2.05, 4.69) is 9.71 Å². The van der Waals surface area contributed by atoms with Crippen molar-refractivity contribution in [2.75, 3.05) is 33.0 Å². The van der Waals surface area contributed by atoms with Crippen LogP contribution in [0.2, 0.25) is 0 Å². The topological polar surface area (TPSA) is 88.6 Å². The molecule has 128 valence electrons. The van der Waals surface area contributed by atoms with Crippen molar-refractivity contribution >= 4 is 15.9 Å². The normalized spacial score (nSPS) is 18.7. The van der Waals surface area contributed by atoms with Gasteiger partial charge in [-0.15, -0.1) is 0 Å². The summed E-state index contributed by atoms with van der Waals surface area (Å²) in [5.74, 6) is 0.652. The number of rotatable bonds is 6. The largest absolute Gasteiger partial charge is 0.481 e. The molecule has 2 heterocycles. The maximum atomic E-state index is 12.4. The second-order valence-corrected chi connectivity index (χ2v) is 7.65. The number of methoxy groups -OCH3 is 1. The van der Waals surface area contributed by atoms with Crippen LogP contribution in [0.25, 0.3) is 0 Å². The van der Waals surface area contributed by atoms with E-state index < -0.39 is 10.0 Å². The summed E-state index contributed by atoms with van der Waals surface area (Å²) in [6.45, 7) is 1.66. The number of sulfonamides is 1. The van der Waals surface area contributed by atoms with E-state index in [1.165, 1.54) is 7.11 Å². The molecule has 1 aliphatic heterocycles. The zero-order valence-corrected chi connectivity index (χ0v) is 14.3. The molecule has 1 amide bonds. The highest BCUT2D eigenvalue weighted by Gasteiger charge is 2.24. The monoisotopic (exact) mass is 341 g/mol. The molecule has 0 bridgehead atoms. The summed E-state index contributed by atoms with van der Waals surface area (Å²) in [7, 11) is -1.66. The first-order chi connectivity index (χ1) is 10.9. The molecule has 1 unspecified atom stereocenters. The Hall–Kier alpha value is -1.67. The lowest BCUT2D eigenvalue weighted by Crippen LogP contribution is -2.44. The van der Waals surface area contributed by atoms with Crippen LogP contribution >= 0.6 is 0 Å². The molecule has 1 saturated heterocycles. The van der Waals surface area contributed by atoms with E-state index in [-0.39, 0.29) is 18.2 Å². The number of pyridine rings is 1. The molecule has 2 rings (SSSR count). The third-order valence-corrected chi connectivity index (χ3v) is 4.52. The lowest BCUT2D eigenvalue weighted by Gasteiger charge is -2.32. The van der Waals surface area contributed by atoms with Gasteiger partial charge < -0.3 is 9.64 Å². The minimum atomic E-state index is -3.19. The van der Waals surface area contributed by atoms with Gasteiger partial charge in [0.15, 0.2) is 0 Å². The van der Waals surface area contributed by atoms with Crippen LogP contribution in [0, 0.1) is 5.92 Å². The van der Waals surface area contributed by atoms with Gasteiger partial charge >= 0.3 is 0 Å². The first-order valence-corrected chi connectivity index (χ1v) is 9.49. The molecule has 1 aliphatic rings. The predicted octanol–water partition coefficient (Wildman–Crippen LogP) is 0.421. The molecule has 23 heavy (non-hydrogen) atoms. The number of hydrogen-bond acceptors (Lipinski definition) is 5. The number of likely N-dealkylation sites (tertiary alicyclic amines) is 1. The van der Waals surface area contributed by atoms with Crippen LogP contribution in [0.4, 0.5) is 0 Å². The van der Waals surface area contributed by atoms with Gasteiger partial charge in [0.1, 0.15) is 0 Å². The fraction of sp³-hybridized carbons (Fsp3) is 0.600. The van der Waals surface area contributed by atoms with Crippen molar-refractivity contribution in [3.63, 3.8) is 0 Å². The van der Waals surface area contributed by atoms with Gasteiger partial charge in [0.2, 0.25) is 21.8 Å². The van der Waals surface area contributed by atoms with E-state index in [0.717, 1.165) is 19.1 Å². The van der Waals surface area contributed by atoms with Crippen LogP contribution < -0.4 is 9.46 Å². The van der Waals surface area contributed by atoms with E-state index >= 15 is 0 Å². The number of amides is 1. The highest BCUT2D eigenvalue weighted by Crippen LogP contribution is 2.17. The number of carbonyl (C=O) groups excluding carboxylic acids is 1. The molecule has 0 radical (unpaired) electrons. The van der Waals surface area contributed by atoms with Crippen LogP contribution in [-0.4, -0.2) is 57.2 Å². The molecule has 0 spiro atoms. The van der Waals surface area contributed by atoms with Crippen molar-refractivity contribution < 1.29 is 17.9 Å². The molecule has 1 fully saturated rings. The van der Waals surface area contributed by atoms with E-state index in [9.17, 15) is 13.2 Å². The second kappa shape index (κ2) is 7.74. The Kier molecular flexibility index (Phi) is 5.95. The molecule has 7 nitrogen and oxygen atoms in total. The van der Waals surface area contributed by atoms with Gasteiger partial charge in [0, 0.05) is 25.7 Å². The lowest BCUT2D eigenvalue weighted by molar-refractivity contribution is -0.132. The van der Waals surface area contributed by atoms with Crippen molar-refractivity contribution in [3.8, 4) is 5.88 Å². The number of aromatic nitrogens is 1. The Morgan fingerprint density at radius 1 is 1.48 bits per heavy atom. The van der Waals surface area contributed by atoms with Crippen LogP contribution in [0.3, 0.4) is 0 Å². The maximum absolute atomic E-state index is 12.4. The van der Waals surface area contributed by atoms with E-state index in [1.54, 1.807) is 17.0 Å². The summed E-state index contributed by atoms with van der Waals surface area (Å²) in [6, 6.07) is 5.35. The quantitative estimate of drug-likeness (QED) is 0.810. The van der Waals surface area contributed by atoms with Crippen molar-refractivity contribution in [2.45, 2.75) is 19.3 Å². The van der Waals surface area contributed by atoms with Gasteiger partial charge in [-0.3, -0.25) is 4.79 Å². The summed E-state index contributed by atoms with van der Waals surface area (Å²) in [5, 5.41) is 0. The summed E-state index contributed by atoms with van der Waals surface area (Å²) >= 11 is 0. The second-order valence-electron chi connectivity index (χ2n) is 5.82. The molecular weight excluding hydrogens is 318 g/mol. The van der Waals surface area contributed by atoms with Crippen LogP contribution in [0.5, 0.6) is 5.88 Å². The van der Waals surface area contributed by atoms with Crippen molar-refractivity contribution in [1.29, 1.82) is 0 Å². The molecule has 1 aromatic heterocycles. The highest BCUT2D eigenvalue weighted by atomic mass is 32.2. The molecule has 1 N–H and O–H groups in total. The van der Waals surface area contributed by atoms with Crippen LogP contribution in [0.1, 0.15) is 18.5 Å². The zero-order chi connectivity index (χ0) is 16.9. The van der Waals surface area contributed by atoms with Gasteiger partial charge in [0.05, 0.1) is 25.5 Å². The minimum absolute atomic E-state index is 0.00908. The van der Waals surface area contributed by atoms with E-state index in [1.807, 2.05) is 6.07 Å². The third kappa shape index (κ3) is 5.80. The Balaban J connectivity index is 1.91. The van der Waals surface area contributed by atoms with E-state index in [4.69, 9.17) is 4.74 Å². The summed E-state index contributed by atoms with van der Waals surface area (Å²) < 4.78 is 29.9. The standard InChI is InChI=1S/C15H23N3O4S/c1-22-14-7-3-6-13(17-14)9-15(19)18-8-4-5-12(11-18)10-16-23(2,20)21/h3,6-7,12,16H,4-5,8-11H2,1-2H3. The molecule has 8 heteroatoms.